The summed E-state index contributed by atoms with van der Waals surface area (Å²) in [7, 11) is 0. The van der Waals surface area contributed by atoms with Gasteiger partial charge in [0.15, 0.2) is 0 Å². The van der Waals surface area contributed by atoms with Crippen LogP contribution < -0.4 is 4.74 Å². The summed E-state index contributed by atoms with van der Waals surface area (Å²) < 4.78 is 14.9. The molecule has 0 unspecified atom stereocenters. The van der Waals surface area contributed by atoms with E-state index in [1.165, 1.54) is 25.1 Å². The van der Waals surface area contributed by atoms with Gasteiger partial charge in [0.2, 0.25) is 0 Å². The Bertz CT molecular complexity index is 730. The third kappa shape index (κ3) is 6.39. The van der Waals surface area contributed by atoms with Gasteiger partial charge in [-0.1, -0.05) is 6.58 Å². The number of aromatic hydroxyl groups is 1. The zero-order chi connectivity index (χ0) is 18.8. The van der Waals surface area contributed by atoms with Gasteiger partial charge in [0.25, 0.3) is 0 Å². The normalized spacial score (nSPS) is 10.5. The summed E-state index contributed by atoms with van der Waals surface area (Å²) in [5, 5.41) is 19.0. The molecular weight excluding hydrogens is 326 g/mol. The molecule has 0 aliphatic heterocycles. The second-order valence-electron chi connectivity index (χ2n) is 4.88. The summed E-state index contributed by atoms with van der Waals surface area (Å²) in [6.07, 6.45) is 1.20. The second kappa shape index (κ2) is 9.78. The van der Waals surface area contributed by atoms with Crippen LogP contribution >= 0.6 is 0 Å². The number of carbonyl (C=O) groups is 2. The van der Waals surface area contributed by atoms with Crippen LogP contribution in [0.15, 0.2) is 35.9 Å². The molecule has 0 aliphatic rings. The molecule has 0 amide bonds. The van der Waals surface area contributed by atoms with Crippen molar-refractivity contribution in [2.75, 3.05) is 19.8 Å². The maximum absolute atomic E-state index is 11.9. The fourth-order valence-electron chi connectivity index (χ4n) is 1.66. The first-order valence-electron chi connectivity index (χ1n) is 7.46. The number of carbonyl (C=O) groups excluding carboxylic acids is 2. The van der Waals surface area contributed by atoms with Crippen LogP contribution in [0.2, 0.25) is 0 Å². The lowest BCUT2D eigenvalue weighted by Crippen LogP contribution is -2.15. The Kier molecular flexibility index (Phi) is 7.73. The second-order valence-corrected chi connectivity index (χ2v) is 4.88. The van der Waals surface area contributed by atoms with Gasteiger partial charge >= 0.3 is 11.9 Å². The van der Waals surface area contributed by atoms with Crippen LogP contribution in [-0.4, -0.2) is 36.9 Å². The van der Waals surface area contributed by atoms with Crippen LogP contribution in [-0.2, 0) is 19.1 Å². The van der Waals surface area contributed by atoms with Crippen LogP contribution in [0.3, 0.4) is 0 Å². The maximum Gasteiger partial charge on any atom is 0.349 e. The van der Waals surface area contributed by atoms with Crippen molar-refractivity contribution in [1.82, 2.24) is 0 Å². The number of phenolic OH excluding ortho intramolecular Hbond substituents is 1. The predicted octanol–water partition coefficient (Wildman–Crippen LogP) is 2.36. The van der Waals surface area contributed by atoms with Gasteiger partial charge in [-0.2, -0.15) is 5.26 Å². The van der Waals surface area contributed by atoms with Gasteiger partial charge in [0.1, 0.15) is 36.4 Å². The minimum absolute atomic E-state index is 0.137. The number of ether oxygens (including phenoxy) is 3. The molecule has 1 N–H and O–H groups in total. The van der Waals surface area contributed by atoms with Crippen molar-refractivity contribution < 1.29 is 28.9 Å². The number of hydrogen-bond donors (Lipinski definition) is 1. The van der Waals surface area contributed by atoms with Gasteiger partial charge in [-0.25, -0.2) is 9.59 Å². The molecule has 7 heteroatoms. The fourth-order valence-corrected chi connectivity index (χ4v) is 1.66. The summed E-state index contributed by atoms with van der Waals surface area (Å²) in [6, 6.07) is 6.21. The number of nitriles is 1. The van der Waals surface area contributed by atoms with Crippen LogP contribution in [0.25, 0.3) is 6.08 Å². The minimum atomic E-state index is -0.887. The Hall–Kier alpha value is -3.27. The van der Waals surface area contributed by atoms with Crippen molar-refractivity contribution in [3.8, 4) is 17.6 Å². The molecule has 0 radical (unpaired) electrons. The Labute approximate surface area is 145 Å². The average Bonchev–Trinajstić information content (AvgIpc) is 2.57. The van der Waals surface area contributed by atoms with Crippen molar-refractivity contribution in [3.63, 3.8) is 0 Å². The SMILES string of the molecule is C=C(C)C(=O)OCCOC(=O)/C(C#N)=C/c1ccc(OCC)cc1O. The molecule has 132 valence electrons. The van der Waals surface area contributed by atoms with Crippen LogP contribution in [0, 0.1) is 11.3 Å². The third-order valence-corrected chi connectivity index (χ3v) is 2.85. The van der Waals surface area contributed by atoms with E-state index in [0.717, 1.165) is 0 Å². The molecule has 0 saturated heterocycles. The van der Waals surface area contributed by atoms with Gasteiger partial charge in [-0.15, -0.1) is 0 Å². The standard InChI is InChI=1S/C18H19NO6/c1-4-23-15-6-5-13(16(20)10-15)9-14(11-19)18(22)25-8-7-24-17(21)12(2)3/h5-6,9-10,20H,2,4,7-8H2,1,3H3/b14-9+. The van der Waals surface area contributed by atoms with E-state index in [0.29, 0.717) is 12.4 Å². The molecular formula is C18H19NO6. The number of benzene rings is 1. The van der Waals surface area contributed by atoms with E-state index in [4.69, 9.17) is 19.5 Å². The first-order chi connectivity index (χ1) is 11.9. The smallest absolute Gasteiger partial charge is 0.349 e. The summed E-state index contributed by atoms with van der Waals surface area (Å²) >= 11 is 0. The van der Waals surface area contributed by atoms with Gasteiger partial charge in [-0.05, 0) is 32.1 Å². The molecule has 1 aromatic rings. The van der Waals surface area contributed by atoms with E-state index in [1.54, 1.807) is 12.1 Å². The fraction of sp³-hybridized carbons (Fsp3) is 0.278. The van der Waals surface area contributed by atoms with Crippen molar-refractivity contribution in [3.05, 3.63) is 41.5 Å². The third-order valence-electron chi connectivity index (χ3n) is 2.85. The summed E-state index contributed by atoms with van der Waals surface area (Å²) in [4.78, 5) is 23.0. The molecule has 0 heterocycles. The topological polar surface area (TPSA) is 106 Å². The summed E-state index contributed by atoms with van der Waals surface area (Å²) in [5.41, 5.74) is 0.200. The zero-order valence-electron chi connectivity index (χ0n) is 14.1. The number of hydrogen-bond acceptors (Lipinski definition) is 7. The van der Waals surface area contributed by atoms with E-state index in [2.05, 4.69) is 6.58 Å². The molecule has 0 aromatic heterocycles. The van der Waals surface area contributed by atoms with Gasteiger partial charge < -0.3 is 19.3 Å². The average molecular weight is 345 g/mol. The monoisotopic (exact) mass is 345 g/mol. The van der Waals surface area contributed by atoms with Crippen molar-refractivity contribution in [2.24, 2.45) is 0 Å². The Morgan fingerprint density at radius 1 is 1.28 bits per heavy atom. The van der Waals surface area contributed by atoms with Crippen molar-refractivity contribution >= 4 is 18.0 Å². The molecule has 0 aliphatic carbocycles. The number of nitrogens with zero attached hydrogens (tertiary/aromatic N) is 1. The van der Waals surface area contributed by atoms with E-state index < -0.39 is 11.9 Å². The molecule has 0 saturated carbocycles. The number of phenols is 1. The first-order valence-corrected chi connectivity index (χ1v) is 7.46. The molecule has 25 heavy (non-hydrogen) atoms. The molecule has 1 rings (SSSR count). The number of esters is 2. The first kappa shape index (κ1) is 19.8. The molecule has 0 spiro atoms. The number of rotatable bonds is 8. The molecule has 1 aromatic carbocycles. The lowest BCUT2D eigenvalue weighted by molar-refractivity contribution is -0.147. The quantitative estimate of drug-likeness (QED) is 0.334. The van der Waals surface area contributed by atoms with Crippen molar-refractivity contribution in [1.29, 1.82) is 5.26 Å². The van der Waals surface area contributed by atoms with Crippen LogP contribution in [0.1, 0.15) is 19.4 Å². The lowest BCUT2D eigenvalue weighted by atomic mass is 10.1. The molecule has 0 bridgehead atoms. The van der Waals surface area contributed by atoms with Crippen LogP contribution in [0.4, 0.5) is 0 Å². The van der Waals surface area contributed by atoms with Gasteiger partial charge in [0.05, 0.1) is 6.61 Å². The van der Waals surface area contributed by atoms with Crippen LogP contribution in [0.5, 0.6) is 11.5 Å². The van der Waals surface area contributed by atoms with Crippen molar-refractivity contribution in [2.45, 2.75) is 13.8 Å². The summed E-state index contributed by atoms with van der Waals surface area (Å²) in [6.45, 7) is 6.81. The lowest BCUT2D eigenvalue weighted by Gasteiger charge is -2.07. The Morgan fingerprint density at radius 3 is 2.44 bits per heavy atom. The highest BCUT2D eigenvalue weighted by Crippen LogP contribution is 2.25. The van der Waals surface area contributed by atoms with E-state index in [1.807, 2.05) is 6.92 Å². The Morgan fingerprint density at radius 2 is 1.92 bits per heavy atom. The summed E-state index contributed by atoms with van der Waals surface area (Å²) in [5.74, 6) is -1.15. The Balaban J connectivity index is 2.70. The van der Waals surface area contributed by atoms with E-state index in [9.17, 15) is 14.7 Å². The minimum Gasteiger partial charge on any atom is -0.507 e. The highest BCUT2D eigenvalue weighted by molar-refractivity contribution is 5.98. The largest absolute Gasteiger partial charge is 0.507 e. The van der Waals surface area contributed by atoms with Gasteiger partial charge in [-0.3, -0.25) is 0 Å². The molecule has 0 atom stereocenters. The molecule has 0 fully saturated rings. The molecule has 7 nitrogen and oxygen atoms in total. The highest BCUT2D eigenvalue weighted by Gasteiger charge is 2.13. The highest BCUT2D eigenvalue weighted by atomic mass is 16.6. The predicted molar refractivity (Wildman–Crippen MR) is 89.6 cm³/mol. The van der Waals surface area contributed by atoms with Gasteiger partial charge in [0, 0.05) is 17.2 Å². The maximum atomic E-state index is 11.9. The van der Waals surface area contributed by atoms with E-state index >= 15 is 0 Å². The van der Waals surface area contributed by atoms with E-state index in [-0.39, 0.29) is 35.7 Å². The zero-order valence-corrected chi connectivity index (χ0v) is 14.1.